The van der Waals surface area contributed by atoms with E-state index in [1.54, 1.807) is 42.5 Å². The maximum Gasteiger partial charge on any atom is 0.279 e. The summed E-state index contributed by atoms with van der Waals surface area (Å²) in [5, 5.41) is 8.45. The van der Waals surface area contributed by atoms with Crippen LogP contribution in [0.3, 0.4) is 0 Å². The molecule has 0 unspecified atom stereocenters. The number of halogens is 2. The number of benzene rings is 3. The van der Waals surface area contributed by atoms with Crippen LogP contribution in [0.4, 0.5) is 8.78 Å². The lowest BCUT2D eigenvalue weighted by molar-refractivity contribution is 0.0904. The quantitative estimate of drug-likeness (QED) is 0.474. The van der Waals surface area contributed by atoms with Crippen LogP contribution in [0.5, 0.6) is 0 Å². The second-order valence-electron chi connectivity index (χ2n) is 8.72. The van der Waals surface area contributed by atoms with Gasteiger partial charge in [0.1, 0.15) is 0 Å². The van der Waals surface area contributed by atoms with Gasteiger partial charge < -0.3 is 5.32 Å². The lowest BCUT2D eigenvalue weighted by Crippen LogP contribution is -2.45. The highest BCUT2D eigenvalue weighted by Gasteiger charge is 2.24. The maximum atomic E-state index is 13.5. The molecule has 1 aliphatic rings. The summed E-state index contributed by atoms with van der Waals surface area (Å²) in [4.78, 5) is 28.5. The normalized spacial score (nSPS) is 14.8. The first kappa shape index (κ1) is 22.9. The highest BCUT2D eigenvalue weighted by molar-refractivity contribution is 6.05. The van der Waals surface area contributed by atoms with Crippen LogP contribution in [0.15, 0.2) is 77.6 Å². The Hall–Kier alpha value is -3.91. The van der Waals surface area contributed by atoms with Gasteiger partial charge in [0.15, 0.2) is 17.3 Å². The van der Waals surface area contributed by atoms with Gasteiger partial charge >= 0.3 is 0 Å². The summed E-state index contributed by atoms with van der Waals surface area (Å²) in [6, 6.07) is 19.9. The number of hydrogen-bond donors (Lipinski definition) is 1. The van der Waals surface area contributed by atoms with E-state index in [-0.39, 0.29) is 23.2 Å². The number of nitrogens with zero attached hydrogens (tertiary/aromatic N) is 3. The molecule has 2 heterocycles. The number of likely N-dealkylation sites (tertiary alicyclic amines) is 1. The molecule has 0 radical (unpaired) electrons. The Balaban J connectivity index is 1.32. The summed E-state index contributed by atoms with van der Waals surface area (Å²) in [7, 11) is 0. The third-order valence-electron chi connectivity index (χ3n) is 6.33. The van der Waals surface area contributed by atoms with E-state index < -0.39 is 11.6 Å². The fraction of sp³-hybridized carbons (Fsp3) is 0.222. The van der Waals surface area contributed by atoms with Crippen molar-refractivity contribution in [1.29, 1.82) is 0 Å². The molecule has 8 heteroatoms. The number of carbonyl (C=O) groups is 1. The van der Waals surface area contributed by atoms with Crippen LogP contribution >= 0.6 is 0 Å². The fourth-order valence-corrected chi connectivity index (χ4v) is 4.49. The van der Waals surface area contributed by atoms with E-state index in [1.807, 2.05) is 18.2 Å². The number of rotatable bonds is 5. The standard InChI is InChI=1S/C27H24F2N4O2/c28-23-11-10-18(16-24(23)29)17-32-14-12-19(13-15-32)30-26(34)25-21-8-4-5-9-22(21)27(35)33(31-25)20-6-2-1-3-7-20/h1-11,16,19H,12-15,17H2,(H,30,34). The van der Waals surface area contributed by atoms with Gasteiger partial charge in [0.05, 0.1) is 11.1 Å². The van der Waals surface area contributed by atoms with Gasteiger partial charge in [0, 0.05) is 31.1 Å². The Morgan fingerprint density at radius 3 is 2.31 bits per heavy atom. The van der Waals surface area contributed by atoms with Crippen molar-refractivity contribution >= 4 is 16.7 Å². The minimum absolute atomic E-state index is 0.0543. The van der Waals surface area contributed by atoms with E-state index in [0.717, 1.165) is 6.07 Å². The lowest BCUT2D eigenvalue weighted by atomic mass is 10.0. The number of carbonyl (C=O) groups excluding carboxylic acids is 1. The molecule has 35 heavy (non-hydrogen) atoms. The Morgan fingerprint density at radius 1 is 0.914 bits per heavy atom. The Kier molecular flexibility index (Phi) is 6.37. The number of hydrogen-bond acceptors (Lipinski definition) is 4. The molecule has 0 atom stereocenters. The molecule has 1 saturated heterocycles. The predicted molar refractivity (Wildman–Crippen MR) is 129 cm³/mol. The third kappa shape index (κ3) is 4.83. The second kappa shape index (κ2) is 9.76. The van der Waals surface area contributed by atoms with Crippen LogP contribution in [0.2, 0.25) is 0 Å². The number of fused-ring (bicyclic) bond motifs is 1. The molecular weight excluding hydrogens is 450 g/mol. The molecule has 1 N–H and O–H groups in total. The molecule has 1 aromatic heterocycles. The highest BCUT2D eigenvalue weighted by Crippen LogP contribution is 2.18. The van der Waals surface area contributed by atoms with Gasteiger partial charge in [0.2, 0.25) is 0 Å². The minimum atomic E-state index is -0.852. The van der Waals surface area contributed by atoms with Crippen molar-refractivity contribution in [2.45, 2.75) is 25.4 Å². The molecule has 178 valence electrons. The van der Waals surface area contributed by atoms with E-state index in [4.69, 9.17) is 0 Å². The number of amides is 1. The zero-order valence-electron chi connectivity index (χ0n) is 19.0. The van der Waals surface area contributed by atoms with Gasteiger partial charge in [-0.05, 0) is 48.7 Å². The van der Waals surface area contributed by atoms with Gasteiger partial charge in [-0.15, -0.1) is 0 Å². The first-order chi connectivity index (χ1) is 17.0. The third-order valence-corrected chi connectivity index (χ3v) is 6.33. The fourth-order valence-electron chi connectivity index (χ4n) is 4.49. The second-order valence-corrected chi connectivity index (χ2v) is 8.72. The predicted octanol–water partition coefficient (Wildman–Crippen LogP) is 4.06. The summed E-state index contributed by atoms with van der Waals surface area (Å²) in [6.45, 7) is 1.94. The molecule has 4 aromatic rings. The summed E-state index contributed by atoms with van der Waals surface area (Å²) < 4.78 is 27.9. The zero-order valence-corrected chi connectivity index (χ0v) is 19.0. The molecule has 6 nitrogen and oxygen atoms in total. The molecular formula is C27H24F2N4O2. The van der Waals surface area contributed by atoms with E-state index in [9.17, 15) is 18.4 Å². The monoisotopic (exact) mass is 474 g/mol. The Labute approximate surface area is 200 Å². The van der Waals surface area contributed by atoms with Crippen molar-refractivity contribution in [3.63, 3.8) is 0 Å². The van der Waals surface area contributed by atoms with Crippen molar-refractivity contribution in [3.05, 3.63) is 106 Å². The zero-order chi connectivity index (χ0) is 24.4. The van der Waals surface area contributed by atoms with Crippen molar-refractivity contribution in [2.75, 3.05) is 13.1 Å². The first-order valence-corrected chi connectivity index (χ1v) is 11.5. The molecule has 1 fully saturated rings. The smallest absolute Gasteiger partial charge is 0.279 e. The number of para-hydroxylation sites is 1. The summed E-state index contributed by atoms with van der Waals surface area (Å²) in [5.41, 5.74) is 1.22. The van der Waals surface area contributed by atoms with Crippen LogP contribution in [0.25, 0.3) is 16.5 Å². The summed E-state index contributed by atoms with van der Waals surface area (Å²) >= 11 is 0. The largest absolute Gasteiger partial charge is 0.348 e. The van der Waals surface area contributed by atoms with Crippen LogP contribution in [-0.2, 0) is 6.54 Å². The molecule has 0 aliphatic carbocycles. The Morgan fingerprint density at radius 2 is 1.60 bits per heavy atom. The van der Waals surface area contributed by atoms with Gasteiger partial charge in [-0.2, -0.15) is 9.78 Å². The molecule has 1 amide bonds. The minimum Gasteiger partial charge on any atom is -0.348 e. The SMILES string of the molecule is O=C(NC1CCN(Cc2ccc(F)c(F)c2)CC1)c1nn(-c2ccccc2)c(=O)c2ccccc12. The Bertz CT molecular complexity index is 1430. The van der Waals surface area contributed by atoms with Crippen LogP contribution < -0.4 is 10.9 Å². The number of nitrogens with one attached hydrogen (secondary N) is 1. The molecule has 1 aliphatic heterocycles. The summed E-state index contributed by atoms with van der Waals surface area (Å²) in [5.74, 6) is -2.03. The first-order valence-electron chi connectivity index (χ1n) is 11.5. The van der Waals surface area contributed by atoms with E-state index in [2.05, 4.69) is 15.3 Å². The molecule has 0 saturated carbocycles. The van der Waals surface area contributed by atoms with Gasteiger partial charge in [-0.1, -0.05) is 42.5 Å². The highest BCUT2D eigenvalue weighted by atomic mass is 19.2. The van der Waals surface area contributed by atoms with Crippen LogP contribution in [0, 0.1) is 11.6 Å². The van der Waals surface area contributed by atoms with Gasteiger partial charge in [-0.25, -0.2) is 8.78 Å². The number of piperidine rings is 1. The van der Waals surface area contributed by atoms with Gasteiger partial charge in [-0.3, -0.25) is 14.5 Å². The lowest BCUT2D eigenvalue weighted by Gasteiger charge is -2.32. The summed E-state index contributed by atoms with van der Waals surface area (Å²) in [6.07, 6.45) is 1.43. The van der Waals surface area contributed by atoms with Gasteiger partial charge in [0.25, 0.3) is 11.5 Å². The van der Waals surface area contributed by atoms with Crippen molar-refractivity contribution in [1.82, 2.24) is 20.0 Å². The van der Waals surface area contributed by atoms with E-state index in [0.29, 0.717) is 54.5 Å². The van der Waals surface area contributed by atoms with E-state index >= 15 is 0 Å². The molecule has 0 bridgehead atoms. The maximum absolute atomic E-state index is 13.5. The van der Waals surface area contributed by atoms with Crippen molar-refractivity contribution < 1.29 is 13.6 Å². The average Bonchev–Trinajstić information content (AvgIpc) is 2.88. The van der Waals surface area contributed by atoms with Crippen LogP contribution in [0.1, 0.15) is 28.9 Å². The topological polar surface area (TPSA) is 67.2 Å². The molecule has 3 aromatic carbocycles. The van der Waals surface area contributed by atoms with Crippen LogP contribution in [-0.4, -0.2) is 39.7 Å². The van der Waals surface area contributed by atoms with Crippen molar-refractivity contribution in [2.24, 2.45) is 0 Å². The molecule has 0 spiro atoms. The van der Waals surface area contributed by atoms with E-state index in [1.165, 1.54) is 10.7 Å². The molecule has 5 rings (SSSR count). The average molecular weight is 475 g/mol. The van der Waals surface area contributed by atoms with Crippen molar-refractivity contribution in [3.8, 4) is 5.69 Å². The number of aromatic nitrogens is 2.